The molecule has 0 aliphatic carbocycles. The Morgan fingerprint density at radius 3 is 2.45 bits per heavy atom. The minimum atomic E-state index is -4.40. The van der Waals surface area contributed by atoms with Crippen LogP contribution in [0.25, 0.3) is 0 Å². The molecule has 11 heteroatoms. The van der Waals surface area contributed by atoms with Gasteiger partial charge in [0.25, 0.3) is 5.91 Å². The van der Waals surface area contributed by atoms with Crippen molar-refractivity contribution in [2.24, 2.45) is 0 Å². The second-order valence-corrected chi connectivity index (χ2v) is 8.42. The van der Waals surface area contributed by atoms with Crippen molar-refractivity contribution in [2.75, 3.05) is 7.05 Å². The number of amides is 1. The van der Waals surface area contributed by atoms with Crippen molar-refractivity contribution >= 4 is 15.9 Å². The van der Waals surface area contributed by atoms with Crippen LogP contribution >= 0.6 is 0 Å². The highest BCUT2D eigenvalue weighted by Crippen LogP contribution is 2.19. The van der Waals surface area contributed by atoms with Gasteiger partial charge in [0.15, 0.2) is 0 Å². The van der Waals surface area contributed by atoms with Gasteiger partial charge in [-0.2, -0.15) is 13.2 Å². The lowest BCUT2D eigenvalue weighted by Gasteiger charge is -2.19. The van der Waals surface area contributed by atoms with Crippen molar-refractivity contribution in [3.8, 4) is 0 Å². The zero-order valence-corrected chi connectivity index (χ0v) is 17.1. The zero-order chi connectivity index (χ0) is 21.8. The van der Waals surface area contributed by atoms with Gasteiger partial charge in [0.1, 0.15) is 12.4 Å². The summed E-state index contributed by atoms with van der Waals surface area (Å²) in [5, 5.41) is 0. The summed E-state index contributed by atoms with van der Waals surface area (Å²) < 4.78 is 65.8. The monoisotopic (exact) mass is 432 g/mol. The van der Waals surface area contributed by atoms with E-state index >= 15 is 0 Å². The summed E-state index contributed by atoms with van der Waals surface area (Å²) >= 11 is 0. The van der Waals surface area contributed by atoms with Crippen LogP contribution in [0.4, 0.5) is 13.2 Å². The van der Waals surface area contributed by atoms with E-state index in [4.69, 9.17) is 0 Å². The Bertz CT molecular complexity index is 940. The van der Waals surface area contributed by atoms with Crippen LogP contribution in [-0.2, 0) is 23.1 Å². The van der Waals surface area contributed by atoms with Crippen molar-refractivity contribution < 1.29 is 26.4 Å². The molecule has 0 saturated carbocycles. The van der Waals surface area contributed by atoms with Crippen molar-refractivity contribution in [1.29, 1.82) is 0 Å². The van der Waals surface area contributed by atoms with Gasteiger partial charge in [-0.1, -0.05) is 6.92 Å². The largest absolute Gasteiger partial charge is 0.406 e. The number of carbonyl (C=O) groups excluding carboxylic acids is 1. The Hall–Kier alpha value is -2.40. The van der Waals surface area contributed by atoms with Gasteiger partial charge in [-0.3, -0.25) is 4.79 Å². The summed E-state index contributed by atoms with van der Waals surface area (Å²) in [4.78, 5) is 17.7. The van der Waals surface area contributed by atoms with E-state index in [-0.39, 0.29) is 28.9 Å². The molecule has 29 heavy (non-hydrogen) atoms. The van der Waals surface area contributed by atoms with E-state index < -0.39 is 28.7 Å². The van der Waals surface area contributed by atoms with Gasteiger partial charge in [-0.05, 0) is 37.6 Å². The Morgan fingerprint density at radius 2 is 1.90 bits per heavy atom. The fraction of sp³-hybridized carbons (Fsp3) is 0.444. The standard InChI is InChI=1S/C18H23F3N4O3S/c1-4-13(2)23-29(27,28)15-7-5-14(6-8-15)17(26)24(3)11-16-22-9-10-25(16)12-18(19,20)21/h5-10,13,23H,4,11-12H2,1-3H3. The number of halogens is 3. The number of imidazole rings is 1. The maximum Gasteiger partial charge on any atom is 0.406 e. The molecule has 1 aromatic carbocycles. The molecule has 1 N–H and O–H groups in total. The number of hydrogen-bond acceptors (Lipinski definition) is 4. The van der Waals surface area contributed by atoms with E-state index in [2.05, 4.69) is 9.71 Å². The maximum atomic E-state index is 12.6. The highest BCUT2D eigenvalue weighted by Gasteiger charge is 2.29. The third-order valence-electron chi connectivity index (χ3n) is 4.26. The van der Waals surface area contributed by atoms with Crippen molar-refractivity contribution in [3.63, 3.8) is 0 Å². The molecule has 0 aliphatic rings. The molecule has 1 heterocycles. The van der Waals surface area contributed by atoms with Gasteiger partial charge in [0.2, 0.25) is 10.0 Å². The van der Waals surface area contributed by atoms with Gasteiger partial charge in [-0.15, -0.1) is 0 Å². The highest BCUT2D eigenvalue weighted by molar-refractivity contribution is 7.89. The number of nitrogens with zero attached hydrogens (tertiary/aromatic N) is 3. The lowest BCUT2D eigenvalue weighted by molar-refractivity contribution is -0.141. The third kappa shape index (κ3) is 6.29. The molecule has 2 aromatic rings. The molecule has 1 aromatic heterocycles. The molecule has 0 saturated heterocycles. The molecule has 0 bridgehead atoms. The van der Waals surface area contributed by atoms with Crippen molar-refractivity contribution in [3.05, 3.63) is 48.0 Å². The molecule has 7 nitrogen and oxygen atoms in total. The fourth-order valence-electron chi connectivity index (χ4n) is 2.53. The van der Waals surface area contributed by atoms with Crippen LogP contribution in [-0.4, -0.2) is 48.0 Å². The Labute approximate surface area is 167 Å². The SMILES string of the molecule is CCC(C)NS(=O)(=O)c1ccc(C(=O)N(C)Cc2nccn2CC(F)(F)F)cc1. The summed E-state index contributed by atoms with van der Waals surface area (Å²) in [6.45, 7) is 2.27. The highest BCUT2D eigenvalue weighted by atomic mass is 32.2. The van der Waals surface area contributed by atoms with E-state index in [0.29, 0.717) is 6.42 Å². The first-order valence-electron chi connectivity index (χ1n) is 8.87. The first-order valence-corrected chi connectivity index (χ1v) is 10.4. The first kappa shape index (κ1) is 22.9. The number of sulfonamides is 1. The molecule has 0 spiro atoms. The van der Waals surface area contributed by atoms with Crippen LogP contribution in [0.5, 0.6) is 0 Å². The van der Waals surface area contributed by atoms with Crippen LogP contribution in [0, 0.1) is 0 Å². The molecule has 1 amide bonds. The van der Waals surface area contributed by atoms with Gasteiger partial charge in [0.05, 0.1) is 11.4 Å². The molecule has 2 rings (SSSR count). The van der Waals surface area contributed by atoms with E-state index in [1.54, 1.807) is 6.92 Å². The van der Waals surface area contributed by atoms with Gasteiger partial charge in [-0.25, -0.2) is 18.1 Å². The molecule has 160 valence electrons. The quantitative estimate of drug-likeness (QED) is 0.695. The molecule has 0 fully saturated rings. The summed E-state index contributed by atoms with van der Waals surface area (Å²) in [7, 11) is -2.26. The lowest BCUT2D eigenvalue weighted by Crippen LogP contribution is -2.32. The number of nitrogens with one attached hydrogen (secondary N) is 1. The molecule has 1 unspecified atom stereocenters. The Morgan fingerprint density at radius 1 is 1.28 bits per heavy atom. The first-order chi connectivity index (χ1) is 13.4. The maximum absolute atomic E-state index is 12.6. The smallest absolute Gasteiger partial charge is 0.334 e. The molecular formula is C18H23F3N4O3S. The van der Waals surface area contributed by atoms with E-state index in [0.717, 1.165) is 4.57 Å². The number of alkyl halides is 3. The Balaban J connectivity index is 2.10. The van der Waals surface area contributed by atoms with Crippen LogP contribution < -0.4 is 4.72 Å². The average molecular weight is 432 g/mol. The number of rotatable bonds is 8. The Kier molecular flexibility index (Phi) is 7.06. The fourth-order valence-corrected chi connectivity index (χ4v) is 3.85. The average Bonchev–Trinajstić information content (AvgIpc) is 3.05. The van der Waals surface area contributed by atoms with Crippen molar-refractivity contribution in [1.82, 2.24) is 19.2 Å². The van der Waals surface area contributed by atoms with E-state index in [1.165, 1.54) is 48.6 Å². The van der Waals surface area contributed by atoms with Crippen LogP contribution in [0.3, 0.4) is 0 Å². The predicted octanol–water partition coefficient (Wildman–Crippen LogP) is 2.79. The van der Waals surface area contributed by atoms with E-state index in [9.17, 15) is 26.4 Å². The van der Waals surface area contributed by atoms with Crippen molar-refractivity contribution in [2.45, 2.75) is 50.5 Å². The minimum absolute atomic E-state index is 0.0257. The molecule has 1 atom stereocenters. The minimum Gasteiger partial charge on any atom is -0.334 e. The summed E-state index contributed by atoms with van der Waals surface area (Å²) in [5.41, 5.74) is 0.212. The van der Waals surface area contributed by atoms with Gasteiger partial charge in [0, 0.05) is 31.0 Å². The topological polar surface area (TPSA) is 84.3 Å². The zero-order valence-electron chi connectivity index (χ0n) is 16.3. The van der Waals surface area contributed by atoms with Gasteiger partial charge >= 0.3 is 6.18 Å². The number of benzene rings is 1. The lowest BCUT2D eigenvalue weighted by atomic mass is 10.2. The summed E-state index contributed by atoms with van der Waals surface area (Å²) in [6.07, 6.45) is -1.33. The van der Waals surface area contributed by atoms with Crippen LogP contribution in [0.2, 0.25) is 0 Å². The third-order valence-corrected chi connectivity index (χ3v) is 5.86. The summed E-state index contributed by atoms with van der Waals surface area (Å²) in [6, 6.07) is 5.14. The molecule has 0 aliphatic heterocycles. The summed E-state index contributed by atoms with van der Waals surface area (Å²) in [5.74, 6) is -0.375. The van der Waals surface area contributed by atoms with E-state index in [1.807, 2.05) is 6.92 Å². The predicted molar refractivity (Wildman–Crippen MR) is 101 cm³/mol. The second-order valence-electron chi connectivity index (χ2n) is 6.70. The second kappa shape index (κ2) is 8.95. The molecule has 0 radical (unpaired) electrons. The number of aromatic nitrogens is 2. The van der Waals surface area contributed by atoms with Crippen LogP contribution in [0.1, 0.15) is 36.5 Å². The number of hydrogen-bond donors (Lipinski definition) is 1. The van der Waals surface area contributed by atoms with Crippen LogP contribution in [0.15, 0.2) is 41.6 Å². The normalized spacial score (nSPS) is 13.3. The molecular weight excluding hydrogens is 409 g/mol. The number of carbonyl (C=O) groups is 1. The van der Waals surface area contributed by atoms with Gasteiger partial charge < -0.3 is 9.47 Å².